The molecule has 100 valence electrons. The number of benzene rings is 1. The summed E-state index contributed by atoms with van der Waals surface area (Å²) in [6.45, 7) is 8.02. The van der Waals surface area contributed by atoms with Crippen molar-refractivity contribution in [1.82, 2.24) is 0 Å². The lowest BCUT2D eigenvalue weighted by Gasteiger charge is -2.35. The lowest BCUT2D eigenvalue weighted by molar-refractivity contribution is -0.125. The van der Waals surface area contributed by atoms with Crippen molar-refractivity contribution < 1.29 is 9.84 Å². The molecule has 0 radical (unpaired) electrons. The van der Waals surface area contributed by atoms with Gasteiger partial charge in [-0.2, -0.15) is 0 Å². The van der Waals surface area contributed by atoms with E-state index in [4.69, 9.17) is 4.74 Å². The quantitative estimate of drug-likeness (QED) is 0.902. The van der Waals surface area contributed by atoms with E-state index in [1.807, 2.05) is 52.0 Å². The Kier molecular flexibility index (Phi) is 3.37. The average Bonchev–Trinajstić information content (AvgIpc) is 2.34. The molecule has 1 heterocycles. The fourth-order valence-electron chi connectivity index (χ4n) is 2.95. The Bertz CT molecular complexity index is 436. The first-order valence-corrected chi connectivity index (χ1v) is 7.10. The van der Waals surface area contributed by atoms with Crippen molar-refractivity contribution in [3.63, 3.8) is 0 Å². The van der Waals surface area contributed by atoms with Crippen molar-refractivity contribution in [3.8, 4) is 0 Å². The summed E-state index contributed by atoms with van der Waals surface area (Å²) in [7, 11) is 0. The van der Waals surface area contributed by atoms with Gasteiger partial charge in [-0.25, -0.2) is 0 Å². The maximum absolute atomic E-state index is 10.9. The molecule has 18 heavy (non-hydrogen) atoms. The SMILES string of the molecule is CC1(C)CC(O)(Cc2ccc(Br)cc2)C(C)(C)O1. The molecule has 0 bridgehead atoms. The van der Waals surface area contributed by atoms with Crippen LogP contribution in [-0.2, 0) is 11.2 Å². The van der Waals surface area contributed by atoms with Crippen LogP contribution in [0.15, 0.2) is 28.7 Å². The third-order valence-electron chi connectivity index (χ3n) is 3.78. The molecule has 1 fully saturated rings. The molecule has 0 saturated carbocycles. The number of hydrogen-bond acceptors (Lipinski definition) is 2. The van der Waals surface area contributed by atoms with Gasteiger partial charge in [-0.3, -0.25) is 0 Å². The van der Waals surface area contributed by atoms with Crippen LogP contribution < -0.4 is 0 Å². The first-order chi connectivity index (χ1) is 8.14. The van der Waals surface area contributed by atoms with Crippen molar-refractivity contribution in [1.29, 1.82) is 0 Å². The predicted octanol–water partition coefficient (Wildman–Crippen LogP) is 3.70. The summed E-state index contributed by atoms with van der Waals surface area (Å²) in [5.74, 6) is 0. The molecule has 0 aromatic heterocycles. The summed E-state index contributed by atoms with van der Waals surface area (Å²) < 4.78 is 7.04. The zero-order valence-corrected chi connectivity index (χ0v) is 13.0. The maximum atomic E-state index is 10.9. The third kappa shape index (κ3) is 2.63. The van der Waals surface area contributed by atoms with Gasteiger partial charge in [0, 0.05) is 17.3 Å². The zero-order chi connectivity index (χ0) is 13.6. The molecular formula is C15H21BrO2. The second kappa shape index (κ2) is 4.32. The minimum absolute atomic E-state index is 0.270. The van der Waals surface area contributed by atoms with Gasteiger partial charge in [0.2, 0.25) is 0 Å². The molecule has 1 aliphatic heterocycles. The minimum Gasteiger partial charge on any atom is -0.386 e. The van der Waals surface area contributed by atoms with E-state index in [9.17, 15) is 5.11 Å². The van der Waals surface area contributed by atoms with Crippen molar-refractivity contribution in [2.75, 3.05) is 0 Å². The Labute approximate surface area is 117 Å². The summed E-state index contributed by atoms with van der Waals surface area (Å²) in [5.41, 5.74) is -0.475. The van der Waals surface area contributed by atoms with Crippen LogP contribution in [0.25, 0.3) is 0 Å². The van der Waals surface area contributed by atoms with Gasteiger partial charge in [-0.15, -0.1) is 0 Å². The van der Waals surface area contributed by atoms with Crippen LogP contribution in [0, 0.1) is 0 Å². The molecule has 1 saturated heterocycles. The van der Waals surface area contributed by atoms with Crippen LogP contribution in [0.2, 0.25) is 0 Å². The monoisotopic (exact) mass is 312 g/mol. The van der Waals surface area contributed by atoms with Gasteiger partial charge < -0.3 is 9.84 Å². The Morgan fingerprint density at radius 2 is 1.72 bits per heavy atom. The molecule has 1 atom stereocenters. The Morgan fingerprint density at radius 1 is 1.17 bits per heavy atom. The van der Waals surface area contributed by atoms with Crippen molar-refractivity contribution in [3.05, 3.63) is 34.3 Å². The Hall–Kier alpha value is -0.380. The number of hydrogen-bond donors (Lipinski definition) is 1. The fourth-order valence-corrected chi connectivity index (χ4v) is 3.22. The average molecular weight is 313 g/mol. The van der Waals surface area contributed by atoms with E-state index in [1.165, 1.54) is 0 Å². The van der Waals surface area contributed by atoms with Gasteiger partial charge in [0.25, 0.3) is 0 Å². The van der Waals surface area contributed by atoms with Crippen LogP contribution in [0.4, 0.5) is 0 Å². The zero-order valence-electron chi connectivity index (χ0n) is 11.5. The normalized spacial score (nSPS) is 29.4. The van der Waals surface area contributed by atoms with E-state index in [-0.39, 0.29) is 5.60 Å². The molecule has 0 spiro atoms. The molecule has 3 heteroatoms. The molecule has 0 aliphatic carbocycles. The van der Waals surface area contributed by atoms with E-state index < -0.39 is 11.2 Å². The lowest BCUT2D eigenvalue weighted by atomic mass is 9.78. The maximum Gasteiger partial charge on any atom is 0.0998 e. The van der Waals surface area contributed by atoms with E-state index >= 15 is 0 Å². The Balaban J connectivity index is 2.24. The second-order valence-electron chi connectivity index (χ2n) is 6.38. The first-order valence-electron chi connectivity index (χ1n) is 6.31. The highest BCUT2D eigenvalue weighted by Crippen LogP contribution is 2.46. The first kappa shape index (κ1) is 14.0. The smallest absolute Gasteiger partial charge is 0.0998 e. The highest BCUT2D eigenvalue weighted by Gasteiger charge is 2.56. The lowest BCUT2D eigenvalue weighted by Crippen LogP contribution is -2.47. The highest BCUT2D eigenvalue weighted by molar-refractivity contribution is 9.10. The van der Waals surface area contributed by atoms with Crippen molar-refractivity contribution in [2.45, 2.75) is 57.3 Å². The third-order valence-corrected chi connectivity index (χ3v) is 4.31. The van der Waals surface area contributed by atoms with Crippen molar-refractivity contribution >= 4 is 15.9 Å². The molecule has 2 rings (SSSR count). The molecule has 1 aromatic rings. The number of ether oxygens (including phenoxy) is 1. The summed E-state index contributed by atoms with van der Waals surface area (Å²) in [6, 6.07) is 8.10. The molecular weight excluding hydrogens is 292 g/mol. The van der Waals surface area contributed by atoms with Crippen molar-refractivity contribution in [2.24, 2.45) is 0 Å². The summed E-state index contributed by atoms with van der Waals surface area (Å²) in [4.78, 5) is 0. The van der Waals surface area contributed by atoms with E-state index in [2.05, 4.69) is 15.9 Å². The second-order valence-corrected chi connectivity index (χ2v) is 7.30. The summed E-state index contributed by atoms with van der Waals surface area (Å²) in [5, 5.41) is 10.9. The standard InChI is InChI=1S/C15H21BrO2/c1-13(2)10-15(17,14(3,4)18-13)9-11-5-7-12(16)8-6-11/h5-8,17H,9-10H2,1-4H3. The summed E-state index contributed by atoms with van der Waals surface area (Å²) >= 11 is 3.42. The van der Waals surface area contributed by atoms with Gasteiger partial charge in [-0.05, 0) is 45.4 Å². The van der Waals surface area contributed by atoms with Gasteiger partial charge in [0.05, 0.1) is 16.8 Å². The highest BCUT2D eigenvalue weighted by atomic mass is 79.9. The van der Waals surface area contributed by atoms with Gasteiger partial charge in [0.15, 0.2) is 0 Å². The van der Waals surface area contributed by atoms with Crippen LogP contribution in [-0.4, -0.2) is 21.9 Å². The predicted molar refractivity (Wildman–Crippen MR) is 76.7 cm³/mol. The molecule has 1 aromatic carbocycles. The van der Waals surface area contributed by atoms with E-state index in [0.717, 1.165) is 10.0 Å². The van der Waals surface area contributed by atoms with Crippen LogP contribution in [0.3, 0.4) is 0 Å². The Morgan fingerprint density at radius 3 is 2.17 bits per heavy atom. The van der Waals surface area contributed by atoms with E-state index in [0.29, 0.717) is 12.8 Å². The number of aliphatic hydroxyl groups is 1. The van der Waals surface area contributed by atoms with Crippen LogP contribution in [0.5, 0.6) is 0 Å². The van der Waals surface area contributed by atoms with Crippen LogP contribution in [0.1, 0.15) is 39.7 Å². The number of halogens is 1. The summed E-state index contributed by atoms with van der Waals surface area (Å²) in [6.07, 6.45) is 1.28. The van der Waals surface area contributed by atoms with Gasteiger partial charge in [0.1, 0.15) is 0 Å². The van der Waals surface area contributed by atoms with Gasteiger partial charge >= 0.3 is 0 Å². The van der Waals surface area contributed by atoms with Gasteiger partial charge in [-0.1, -0.05) is 28.1 Å². The molecule has 2 nitrogen and oxygen atoms in total. The molecule has 1 aliphatic rings. The number of rotatable bonds is 2. The van der Waals surface area contributed by atoms with Crippen LogP contribution >= 0.6 is 15.9 Å². The minimum atomic E-state index is -0.815. The molecule has 1 unspecified atom stereocenters. The fraction of sp³-hybridized carbons (Fsp3) is 0.600. The molecule has 1 N–H and O–H groups in total. The van der Waals surface area contributed by atoms with E-state index in [1.54, 1.807) is 0 Å². The largest absolute Gasteiger partial charge is 0.386 e. The molecule has 0 amide bonds. The topological polar surface area (TPSA) is 29.5 Å².